The first kappa shape index (κ1) is 21.2. The van der Waals surface area contributed by atoms with Gasteiger partial charge in [-0.3, -0.25) is 14.3 Å². The molecule has 0 bridgehead atoms. The van der Waals surface area contributed by atoms with E-state index in [0.29, 0.717) is 15.6 Å². The van der Waals surface area contributed by atoms with Gasteiger partial charge in [-0.1, -0.05) is 23.2 Å². The maximum atomic E-state index is 13.5. The smallest absolute Gasteiger partial charge is 0.264 e. The van der Waals surface area contributed by atoms with Crippen LogP contribution in [0.15, 0.2) is 36.4 Å². The van der Waals surface area contributed by atoms with E-state index in [1.807, 2.05) is 25.1 Å². The number of rotatable bonds is 5. The molecule has 0 saturated carbocycles. The molecule has 4 rings (SSSR count). The van der Waals surface area contributed by atoms with E-state index in [2.05, 4.69) is 4.90 Å². The predicted molar refractivity (Wildman–Crippen MR) is 120 cm³/mol. The molecule has 1 saturated heterocycles. The molecule has 1 aliphatic heterocycles. The molecule has 0 atom stereocenters. The van der Waals surface area contributed by atoms with Gasteiger partial charge in [0, 0.05) is 35.7 Å². The van der Waals surface area contributed by atoms with Gasteiger partial charge in [0.15, 0.2) is 0 Å². The van der Waals surface area contributed by atoms with Gasteiger partial charge in [0.05, 0.1) is 36.4 Å². The van der Waals surface area contributed by atoms with Crippen molar-refractivity contribution in [1.82, 2.24) is 9.47 Å². The largest absolute Gasteiger partial charge is 0.497 e. The number of ether oxygens (including phenoxy) is 2. The molecule has 158 valence electrons. The standard InChI is InChI=1S/C23H24Cl2N2O3/c1-15-18(7-8-26-9-11-30-12-10-26)20-14-17(29-2)4-6-22(20)27(15)23(28)19-5-3-16(24)13-21(19)25/h3-6,13-14H,7-12H2,1-2H3. The monoisotopic (exact) mass is 446 g/mol. The number of methoxy groups -OCH3 is 1. The summed E-state index contributed by atoms with van der Waals surface area (Å²) in [6, 6.07) is 10.8. The van der Waals surface area contributed by atoms with Crippen LogP contribution in [0, 0.1) is 6.92 Å². The second-order valence-electron chi connectivity index (χ2n) is 7.42. The van der Waals surface area contributed by atoms with Crippen LogP contribution < -0.4 is 4.74 Å². The number of hydrogen-bond donors (Lipinski definition) is 0. The summed E-state index contributed by atoms with van der Waals surface area (Å²) in [5, 5.41) is 1.87. The number of nitrogens with zero attached hydrogens (tertiary/aromatic N) is 2. The SMILES string of the molecule is COc1ccc2c(c1)c(CCN1CCOCC1)c(C)n2C(=O)c1ccc(Cl)cc1Cl. The highest BCUT2D eigenvalue weighted by Crippen LogP contribution is 2.32. The summed E-state index contributed by atoms with van der Waals surface area (Å²) in [6.45, 7) is 6.30. The highest BCUT2D eigenvalue weighted by Gasteiger charge is 2.22. The molecular formula is C23H24Cl2N2O3. The summed E-state index contributed by atoms with van der Waals surface area (Å²) >= 11 is 12.4. The quantitative estimate of drug-likeness (QED) is 0.562. The van der Waals surface area contributed by atoms with Gasteiger partial charge in [0.25, 0.3) is 5.91 Å². The number of morpholine rings is 1. The molecule has 2 aromatic carbocycles. The minimum Gasteiger partial charge on any atom is -0.497 e. The number of aromatic nitrogens is 1. The predicted octanol–water partition coefficient (Wildman–Crippen LogP) is 4.83. The third kappa shape index (κ3) is 4.08. The molecule has 30 heavy (non-hydrogen) atoms. The first-order chi connectivity index (χ1) is 14.5. The summed E-state index contributed by atoms with van der Waals surface area (Å²) in [6.07, 6.45) is 0.837. The Balaban J connectivity index is 1.77. The first-order valence-corrected chi connectivity index (χ1v) is 10.7. The molecule has 5 nitrogen and oxygen atoms in total. The third-order valence-electron chi connectivity index (χ3n) is 5.69. The van der Waals surface area contributed by atoms with E-state index in [-0.39, 0.29) is 5.91 Å². The lowest BCUT2D eigenvalue weighted by Gasteiger charge is -2.26. The lowest BCUT2D eigenvalue weighted by molar-refractivity contribution is 0.0384. The van der Waals surface area contributed by atoms with Crippen molar-refractivity contribution in [3.05, 3.63) is 63.3 Å². The first-order valence-electron chi connectivity index (χ1n) is 9.97. The number of halogens is 2. The Morgan fingerprint density at radius 3 is 2.60 bits per heavy atom. The zero-order valence-electron chi connectivity index (χ0n) is 17.1. The lowest BCUT2D eigenvalue weighted by atomic mass is 10.1. The summed E-state index contributed by atoms with van der Waals surface area (Å²) in [5.41, 5.74) is 3.34. The van der Waals surface area contributed by atoms with Crippen molar-refractivity contribution in [2.45, 2.75) is 13.3 Å². The minimum atomic E-state index is -0.165. The zero-order valence-corrected chi connectivity index (χ0v) is 18.6. The Morgan fingerprint density at radius 2 is 1.90 bits per heavy atom. The van der Waals surface area contributed by atoms with Crippen LogP contribution in [-0.4, -0.2) is 55.3 Å². The van der Waals surface area contributed by atoms with Gasteiger partial charge in [-0.15, -0.1) is 0 Å². The number of hydrogen-bond acceptors (Lipinski definition) is 4. The highest BCUT2D eigenvalue weighted by atomic mass is 35.5. The van der Waals surface area contributed by atoms with Crippen LogP contribution in [0.2, 0.25) is 10.0 Å². The van der Waals surface area contributed by atoms with Crippen molar-refractivity contribution >= 4 is 40.0 Å². The Morgan fingerprint density at radius 1 is 1.13 bits per heavy atom. The van der Waals surface area contributed by atoms with Gasteiger partial charge in [-0.25, -0.2) is 0 Å². The number of carbonyl (C=O) groups excluding carboxylic acids is 1. The molecule has 0 radical (unpaired) electrons. The fourth-order valence-electron chi connectivity index (χ4n) is 4.04. The summed E-state index contributed by atoms with van der Waals surface area (Å²) in [4.78, 5) is 15.9. The molecule has 1 aromatic heterocycles. The lowest BCUT2D eigenvalue weighted by Crippen LogP contribution is -2.37. The van der Waals surface area contributed by atoms with Crippen LogP contribution in [0.4, 0.5) is 0 Å². The number of benzene rings is 2. The van der Waals surface area contributed by atoms with Crippen LogP contribution in [-0.2, 0) is 11.2 Å². The van der Waals surface area contributed by atoms with Crippen LogP contribution in [0.5, 0.6) is 5.75 Å². The molecule has 0 aliphatic carbocycles. The Kier molecular flexibility index (Phi) is 6.34. The second-order valence-corrected chi connectivity index (χ2v) is 8.26. The molecule has 1 fully saturated rings. The van der Waals surface area contributed by atoms with E-state index in [1.54, 1.807) is 29.9 Å². The normalized spacial score (nSPS) is 14.9. The number of fused-ring (bicyclic) bond motifs is 1. The van der Waals surface area contributed by atoms with Crippen molar-refractivity contribution in [2.75, 3.05) is 40.0 Å². The fourth-order valence-corrected chi connectivity index (χ4v) is 4.53. The van der Waals surface area contributed by atoms with Crippen LogP contribution >= 0.6 is 23.2 Å². The van der Waals surface area contributed by atoms with Gasteiger partial charge < -0.3 is 9.47 Å². The molecule has 0 unspecified atom stereocenters. The van der Waals surface area contributed by atoms with E-state index in [9.17, 15) is 4.79 Å². The molecular weight excluding hydrogens is 423 g/mol. The highest BCUT2D eigenvalue weighted by molar-refractivity contribution is 6.37. The van der Waals surface area contributed by atoms with Crippen molar-refractivity contribution in [1.29, 1.82) is 0 Å². The maximum absolute atomic E-state index is 13.5. The van der Waals surface area contributed by atoms with Crippen LogP contribution in [0.3, 0.4) is 0 Å². The van der Waals surface area contributed by atoms with Crippen LogP contribution in [0.1, 0.15) is 21.6 Å². The molecule has 0 spiro atoms. The summed E-state index contributed by atoms with van der Waals surface area (Å²) in [5.74, 6) is 0.603. The van der Waals surface area contributed by atoms with Gasteiger partial charge in [-0.05, 0) is 55.3 Å². The van der Waals surface area contributed by atoms with Crippen molar-refractivity contribution in [3.8, 4) is 5.75 Å². The van der Waals surface area contributed by atoms with E-state index in [0.717, 1.165) is 67.2 Å². The molecule has 7 heteroatoms. The summed E-state index contributed by atoms with van der Waals surface area (Å²) in [7, 11) is 1.65. The number of carbonyl (C=O) groups is 1. The third-order valence-corrected chi connectivity index (χ3v) is 6.24. The zero-order chi connectivity index (χ0) is 21.3. The average Bonchev–Trinajstić information content (AvgIpc) is 3.02. The Hall–Kier alpha value is -2.05. The molecule has 1 aliphatic rings. The van der Waals surface area contributed by atoms with Gasteiger partial charge in [0.2, 0.25) is 0 Å². The van der Waals surface area contributed by atoms with E-state index < -0.39 is 0 Å². The van der Waals surface area contributed by atoms with E-state index in [1.165, 1.54) is 0 Å². The van der Waals surface area contributed by atoms with Gasteiger partial charge in [-0.2, -0.15) is 0 Å². The van der Waals surface area contributed by atoms with Gasteiger partial charge in [0.1, 0.15) is 5.75 Å². The second kappa shape index (κ2) is 8.98. The molecule has 0 N–H and O–H groups in total. The fraction of sp³-hybridized carbons (Fsp3) is 0.348. The van der Waals surface area contributed by atoms with Crippen molar-refractivity contribution in [2.24, 2.45) is 0 Å². The van der Waals surface area contributed by atoms with E-state index in [4.69, 9.17) is 32.7 Å². The van der Waals surface area contributed by atoms with E-state index >= 15 is 0 Å². The van der Waals surface area contributed by atoms with Gasteiger partial charge >= 0.3 is 0 Å². The average molecular weight is 447 g/mol. The molecule has 2 heterocycles. The van der Waals surface area contributed by atoms with Crippen LogP contribution in [0.25, 0.3) is 10.9 Å². The maximum Gasteiger partial charge on any atom is 0.264 e. The Bertz CT molecular complexity index is 1090. The van der Waals surface area contributed by atoms with Crippen molar-refractivity contribution < 1.29 is 14.3 Å². The summed E-state index contributed by atoms with van der Waals surface area (Å²) < 4.78 is 12.6. The Labute approximate surface area is 186 Å². The topological polar surface area (TPSA) is 43.7 Å². The minimum absolute atomic E-state index is 0.165. The van der Waals surface area contributed by atoms with Crippen molar-refractivity contribution in [3.63, 3.8) is 0 Å². The molecule has 0 amide bonds. The molecule has 3 aromatic rings.